The third-order valence-electron chi connectivity index (χ3n) is 7.48. The van der Waals surface area contributed by atoms with Crippen molar-refractivity contribution >= 4 is 29.3 Å². The maximum atomic E-state index is 13.7. The molecule has 0 radical (unpaired) electrons. The van der Waals surface area contributed by atoms with Crippen molar-refractivity contribution in [3.05, 3.63) is 78.4 Å². The van der Waals surface area contributed by atoms with E-state index in [1.165, 1.54) is 0 Å². The molecule has 4 aromatic rings. The van der Waals surface area contributed by atoms with Crippen LogP contribution in [0.2, 0.25) is 0 Å². The van der Waals surface area contributed by atoms with Crippen LogP contribution in [0.3, 0.4) is 0 Å². The molecule has 1 aromatic carbocycles. The Morgan fingerprint density at radius 3 is 2.62 bits per heavy atom. The zero-order valence-electron chi connectivity index (χ0n) is 25.8. The van der Waals surface area contributed by atoms with Gasteiger partial charge in [0.2, 0.25) is 5.95 Å². The third kappa shape index (κ3) is 8.27. The maximum absolute atomic E-state index is 13.7. The number of pyridine rings is 1. The molecule has 232 valence electrons. The molecule has 45 heavy (non-hydrogen) atoms. The lowest BCUT2D eigenvalue weighted by Gasteiger charge is -2.16. The molecule has 0 bridgehead atoms. The van der Waals surface area contributed by atoms with E-state index >= 15 is 0 Å². The van der Waals surface area contributed by atoms with Crippen molar-refractivity contribution in [2.75, 3.05) is 36.6 Å². The van der Waals surface area contributed by atoms with E-state index < -0.39 is 0 Å². The van der Waals surface area contributed by atoms with E-state index in [0.29, 0.717) is 56.1 Å². The average molecular weight is 608 g/mol. The van der Waals surface area contributed by atoms with E-state index in [-0.39, 0.29) is 6.03 Å². The maximum Gasteiger partial charge on any atom is 0.441 e. The number of urea groups is 1. The zero-order chi connectivity index (χ0) is 31.4. The predicted molar refractivity (Wildman–Crippen MR) is 172 cm³/mol. The smallest absolute Gasteiger partial charge is 0.359 e. The van der Waals surface area contributed by atoms with Crippen LogP contribution in [0.4, 0.5) is 22.4 Å². The van der Waals surface area contributed by atoms with E-state index in [2.05, 4.69) is 38.7 Å². The highest BCUT2D eigenvalue weighted by Gasteiger charge is 2.23. The van der Waals surface area contributed by atoms with Crippen LogP contribution >= 0.6 is 0 Å². The van der Waals surface area contributed by atoms with Gasteiger partial charge in [-0.1, -0.05) is 37.3 Å². The highest BCUT2D eigenvalue weighted by Crippen LogP contribution is 2.22. The van der Waals surface area contributed by atoms with Gasteiger partial charge in [-0.05, 0) is 43.7 Å². The predicted octanol–water partition coefficient (Wildman–Crippen LogP) is 5.02. The topological polar surface area (TPSA) is 137 Å². The first kappa shape index (κ1) is 31.3. The largest absolute Gasteiger partial charge is 0.441 e. The van der Waals surface area contributed by atoms with E-state index in [1.807, 2.05) is 60.6 Å². The number of amides is 2. The monoisotopic (exact) mass is 607 g/mol. The number of nitrogens with one attached hydrogen (secondary N) is 2. The van der Waals surface area contributed by atoms with Gasteiger partial charge in [0.15, 0.2) is 5.82 Å². The first-order valence-electron chi connectivity index (χ1n) is 15.3. The fourth-order valence-electron chi connectivity index (χ4n) is 5.17. The molecule has 1 saturated heterocycles. The van der Waals surface area contributed by atoms with Gasteiger partial charge in [-0.15, -0.1) is 4.98 Å². The van der Waals surface area contributed by atoms with Crippen LogP contribution in [-0.4, -0.2) is 67.5 Å². The summed E-state index contributed by atoms with van der Waals surface area (Å²) in [4.78, 5) is 29.3. The lowest BCUT2D eigenvalue weighted by molar-refractivity contribution is -0.342. The van der Waals surface area contributed by atoms with Gasteiger partial charge in [0.1, 0.15) is 24.6 Å². The van der Waals surface area contributed by atoms with Crippen molar-refractivity contribution in [3.63, 3.8) is 0 Å². The molecule has 3 aromatic heterocycles. The number of rotatable bonds is 13. The molecule has 0 unspecified atom stereocenters. The molecular weight excluding hydrogens is 568 g/mol. The second-order valence-corrected chi connectivity index (χ2v) is 10.8. The summed E-state index contributed by atoms with van der Waals surface area (Å²) >= 11 is 0. The first-order chi connectivity index (χ1) is 22.1. The summed E-state index contributed by atoms with van der Waals surface area (Å²) in [6.07, 6.45) is 11.1. The number of ether oxygens (including phenoxy) is 1. The lowest BCUT2D eigenvalue weighted by atomic mass is 10.1. The second kappa shape index (κ2) is 15.5. The Kier molecular flexibility index (Phi) is 10.8. The van der Waals surface area contributed by atoms with Gasteiger partial charge in [-0.2, -0.15) is 19.9 Å². The number of anilines is 2. The quantitative estimate of drug-likeness (QED) is 0.122. The van der Waals surface area contributed by atoms with Crippen molar-refractivity contribution in [2.45, 2.75) is 45.6 Å². The summed E-state index contributed by atoms with van der Waals surface area (Å²) < 4.78 is 8.92. The summed E-state index contributed by atoms with van der Waals surface area (Å²) in [5.74, 6) is 1.65. The number of nitrogens with zero attached hydrogens (tertiary/aromatic N) is 8. The van der Waals surface area contributed by atoms with Gasteiger partial charge in [0.25, 0.3) is 5.82 Å². The molecule has 12 nitrogen and oxygen atoms in total. The zero-order valence-corrected chi connectivity index (χ0v) is 25.8. The number of hydrogen-bond acceptors (Lipinski definition) is 9. The Labute approximate surface area is 263 Å². The molecule has 0 aliphatic carbocycles. The molecule has 4 heterocycles. The minimum Gasteiger partial charge on any atom is -0.359 e. The summed E-state index contributed by atoms with van der Waals surface area (Å²) in [7, 11) is 1.88. The van der Waals surface area contributed by atoms with Crippen molar-refractivity contribution in [1.29, 1.82) is 5.26 Å². The van der Waals surface area contributed by atoms with E-state index in [9.17, 15) is 10.1 Å². The number of hydrogen-bond donors (Lipinski definition) is 2. The molecule has 1 fully saturated rings. The number of benzene rings is 1. The molecule has 5 rings (SSSR count). The first-order valence-corrected chi connectivity index (χ1v) is 15.3. The average Bonchev–Trinajstić information content (AvgIpc) is 3.77. The number of nitriles is 1. The van der Waals surface area contributed by atoms with E-state index in [4.69, 9.17) is 9.72 Å². The molecule has 1 aliphatic rings. The Bertz CT molecular complexity index is 1640. The third-order valence-corrected chi connectivity index (χ3v) is 7.48. The molecular formula is C33H39N10O2+. The van der Waals surface area contributed by atoms with E-state index in [1.54, 1.807) is 27.8 Å². The van der Waals surface area contributed by atoms with Gasteiger partial charge in [0, 0.05) is 43.5 Å². The molecule has 0 spiro atoms. The van der Waals surface area contributed by atoms with Crippen molar-refractivity contribution in [3.8, 4) is 17.2 Å². The minimum absolute atomic E-state index is 0.202. The van der Waals surface area contributed by atoms with E-state index in [0.717, 1.165) is 54.5 Å². The Balaban J connectivity index is 1.29. The van der Waals surface area contributed by atoms with Crippen LogP contribution in [0.25, 0.3) is 11.1 Å². The minimum atomic E-state index is -0.202. The summed E-state index contributed by atoms with van der Waals surface area (Å²) in [5.41, 5.74) is 4.37. The Morgan fingerprint density at radius 2 is 1.93 bits per heavy atom. The molecule has 1 aliphatic heterocycles. The van der Waals surface area contributed by atoms with Crippen molar-refractivity contribution < 1.29 is 14.1 Å². The normalized spacial score (nSPS) is 13.3. The summed E-state index contributed by atoms with van der Waals surface area (Å²) in [6.45, 7) is 4.91. The fraction of sp³-hybridized carbons (Fsp3) is 0.364. The van der Waals surface area contributed by atoms with Crippen LogP contribution in [0.15, 0.2) is 67.3 Å². The van der Waals surface area contributed by atoms with Gasteiger partial charge in [-0.3, -0.25) is 10.00 Å². The molecule has 0 atom stereocenters. The number of carbonyl (C=O) groups excluding carboxylic acids is 1. The number of unbranched alkanes of at least 4 members (excludes halogenated alkanes) is 1. The standard InChI is InChI=1S/C33H38N10O2/c1-3-9-29(12-7-8-15-35-32-37-21-27(18-34)31(40-32)42-16-17-45-24-42)43(33(44)38-19-25-10-5-4-6-11-25)30-14-13-26(20-36-30)28-22-39-41(2)23-28/h4-6,10-11,13-14,20-23H,3,7-9,12,15-17,19,24H2,1-2H3,(H-,35,37,38,40,44)/p+1/b43-29+. The van der Waals surface area contributed by atoms with Crippen LogP contribution in [0.1, 0.15) is 50.2 Å². The Hall–Kier alpha value is -5.15. The second-order valence-electron chi connectivity index (χ2n) is 10.8. The summed E-state index contributed by atoms with van der Waals surface area (Å²) in [6, 6.07) is 15.7. The number of aryl methyl sites for hydroxylation is 1. The van der Waals surface area contributed by atoms with Gasteiger partial charge in [0.05, 0.1) is 31.3 Å². The van der Waals surface area contributed by atoms with Crippen LogP contribution < -0.4 is 15.5 Å². The molecule has 12 heteroatoms. The van der Waals surface area contributed by atoms with Gasteiger partial charge < -0.3 is 15.0 Å². The highest BCUT2D eigenvalue weighted by atomic mass is 16.5. The van der Waals surface area contributed by atoms with Crippen molar-refractivity contribution in [1.82, 2.24) is 30.0 Å². The number of carbonyl (C=O) groups is 1. The fourth-order valence-corrected chi connectivity index (χ4v) is 5.17. The van der Waals surface area contributed by atoms with Gasteiger partial charge in [-0.25, -0.2) is 9.78 Å². The van der Waals surface area contributed by atoms with Crippen LogP contribution in [-0.2, 0) is 18.3 Å². The van der Waals surface area contributed by atoms with Crippen LogP contribution in [0.5, 0.6) is 0 Å². The Morgan fingerprint density at radius 1 is 1.07 bits per heavy atom. The van der Waals surface area contributed by atoms with Gasteiger partial charge >= 0.3 is 6.03 Å². The lowest BCUT2D eigenvalue weighted by Crippen LogP contribution is -2.34. The molecule has 2 N–H and O–H groups in total. The SMILES string of the molecule is CCC/C(CCCCNc1ncc(C#N)c(N2CCOC2)n1)=[N+](\C(=O)NCc1ccccc1)c1ccc(-c2cnn(C)c2)cn1. The van der Waals surface area contributed by atoms with Crippen molar-refractivity contribution in [2.24, 2.45) is 7.05 Å². The number of aromatic nitrogens is 5. The molecule has 0 saturated carbocycles. The molecule has 2 amide bonds. The van der Waals surface area contributed by atoms with Crippen LogP contribution in [0, 0.1) is 11.3 Å². The summed E-state index contributed by atoms with van der Waals surface area (Å²) in [5, 5.41) is 20.1. The highest BCUT2D eigenvalue weighted by molar-refractivity contribution is 5.86.